The van der Waals surface area contributed by atoms with Gasteiger partial charge in [-0.25, -0.2) is 0 Å². The minimum atomic E-state index is -0.259. The van der Waals surface area contributed by atoms with Gasteiger partial charge in [0.25, 0.3) is 5.91 Å². The van der Waals surface area contributed by atoms with E-state index in [9.17, 15) is 14.4 Å². The van der Waals surface area contributed by atoms with Gasteiger partial charge in [0, 0.05) is 31.7 Å². The van der Waals surface area contributed by atoms with E-state index in [1.54, 1.807) is 18.1 Å². The maximum atomic E-state index is 13.5. The Morgan fingerprint density at radius 1 is 0.971 bits per heavy atom. The smallest absolute Gasteiger partial charge is 0.253 e. The molecule has 0 spiro atoms. The molecule has 0 saturated carbocycles. The van der Waals surface area contributed by atoms with Crippen molar-refractivity contribution < 1.29 is 19.1 Å². The summed E-state index contributed by atoms with van der Waals surface area (Å²) in [7, 11) is 1.61. The van der Waals surface area contributed by atoms with Crippen LogP contribution in [0.1, 0.15) is 48.0 Å². The zero-order chi connectivity index (χ0) is 24.4. The van der Waals surface area contributed by atoms with Crippen LogP contribution in [-0.4, -0.2) is 62.0 Å². The second-order valence-electron chi connectivity index (χ2n) is 9.46. The molecule has 2 aromatic carbocycles. The van der Waals surface area contributed by atoms with Gasteiger partial charge in [-0.1, -0.05) is 12.1 Å². The van der Waals surface area contributed by atoms with E-state index >= 15 is 0 Å². The summed E-state index contributed by atoms with van der Waals surface area (Å²) >= 11 is 0. The topological polar surface area (TPSA) is 82.2 Å². The van der Waals surface area contributed by atoms with Gasteiger partial charge in [-0.3, -0.25) is 19.3 Å². The second kappa shape index (κ2) is 9.98. The molecule has 3 aliphatic rings. The van der Waals surface area contributed by atoms with E-state index in [4.69, 9.17) is 4.74 Å². The number of methoxy groups -OCH3 is 1. The molecule has 5 rings (SSSR count). The fourth-order valence-corrected chi connectivity index (χ4v) is 5.30. The van der Waals surface area contributed by atoms with Crippen LogP contribution in [0.2, 0.25) is 0 Å². The number of nitrogens with one attached hydrogen (secondary N) is 1. The Morgan fingerprint density at radius 3 is 2.46 bits per heavy atom. The fourth-order valence-electron chi connectivity index (χ4n) is 5.30. The number of piperidine rings is 1. The highest BCUT2D eigenvalue weighted by atomic mass is 16.5. The number of carbonyl (C=O) groups excluding carboxylic acids is 3. The van der Waals surface area contributed by atoms with Crippen molar-refractivity contribution in [2.45, 2.75) is 44.7 Å². The largest absolute Gasteiger partial charge is 0.497 e. The van der Waals surface area contributed by atoms with Gasteiger partial charge in [0.15, 0.2) is 0 Å². The van der Waals surface area contributed by atoms with Gasteiger partial charge in [-0.05, 0) is 68.0 Å². The van der Waals surface area contributed by atoms with Crippen molar-refractivity contribution in [3.8, 4) is 5.75 Å². The molecule has 3 aliphatic heterocycles. The Balaban J connectivity index is 1.37. The highest BCUT2D eigenvalue weighted by Crippen LogP contribution is 2.40. The highest BCUT2D eigenvalue weighted by Gasteiger charge is 2.40. The SMILES string of the molecule is COc1ccc(CNC(=O)CN2C(=O)C3CCCCN3c3ccc(C(=O)N4CCCC4)cc32)cc1. The number of anilines is 2. The van der Waals surface area contributed by atoms with E-state index in [-0.39, 0.29) is 30.3 Å². The van der Waals surface area contributed by atoms with E-state index in [2.05, 4.69) is 10.2 Å². The summed E-state index contributed by atoms with van der Waals surface area (Å²) in [4.78, 5) is 45.1. The number of benzene rings is 2. The summed E-state index contributed by atoms with van der Waals surface area (Å²) in [6.07, 6.45) is 4.83. The lowest BCUT2D eigenvalue weighted by Gasteiger charge is -2.45. The van der Waals surface area contributed by atoms with Crippen molar-refractivity contribution in [2.75, 3.05) is 43.1 Å². The monoisotopic (exact) mass is 476 g/mol. The Hall–Kier alpha value is -3.55. The first-order valence-corrected chi connectivity index (χ1v) is 12.5. The third kappa shape index (κ3) is 4.70. The number of rotatable bonds is 6. The van der Waals surface area contributed by atoms with Crippen LogP contribution in [0.25, 0.3) is 0 Å². The van der Waals surface area contributed by atoms with Crippen LogP contribution in [0.5, 0.6) is 5.75 Å². The predicted octanol–water partition coefficient (Wildman–Crippen LogP) is 2.95. The van der Waals surface area contributed by atoms with E-state index in [1.807, 2.05) is 41.3 Å². The summed E-state index contributed by atoms with van der Waals surface area (Å²) < 4.78 is 5.18. The molecule has 0 aliphatic carbocycles. The summed E-state index contributed by atoms with van der Waals surface area (Å²) in [5, 5.41) is 2.93. The molecular weight excluding hydrogens is 444 g/mol. The third-order valence-electron chi connectivity index (χ3n) is 7.22. The maximum absolute atomic E-state index is 13.5. The molecule has 8 nitrogen and oxygen atoms in total. The second-order valence-corrected chi connectivity index (χ2v) is 9.46. The predicted molar refractivity (Wildman–Crippen MR) is 134 cm³/mol. The van der Waals surface area contributed by atoms with Crippen molar-refractivity contribution >= 4 is 29.1 Å². The standard InChI is InChI=1S/C27H32N4O4/c1-35-21-10-7-19(8-11-21)17-28-25(32)18-31-24-16-20(26(33)29-13-4-5-14-29)9-12-22(24)30-15-3-2-6-23(30)27(31)34/h7-12,16,23H,2-6,13-15,17-18H2,1H3,(H,28,32). The minimum absolute atomic E-state index is 0.0116. The molecule has 2 fully saturated rings. The molecule has 0 bridgehead atoms. The molecular formula is C27H32N4O4. The Morgan fingerprint density at radius 2 is 1.71 bits per heavy atom. The number of amides is 3. The number of ether oxygens (including phenoxy) is 1. The molecule has 1 unspecified atom stereocenters. The molecule has 0 radical (unpaired) electrons. The summed E-state index contributed by atoms with van der Waals surface area (Å²) in [6, 6.07) is 12.9. The average molecular weight is 477 g/mol. The van der Waals surface area contributed by atoms with Crippen molar-refractivity contribution in [3.05, 3.63) is 53.6 Å². The fraction of sp³-hybridized carbons (Fsp3) is 0.444. The van der Waals surface area contributed by atoms with E-state index in [0.29, 0.717) is 17.8 Å². The van der Waals surface area contributed by atoms with Crippen molar-refractivity contribution in [3.63, 3.8) is 0 Å². The lowest BCUT2D eigenvalue weighted by atomic mass is 9.95. The van der Waals surface area contributed by atoms with Crippen LogP contribution in [-0.2, 0) is 16.1 Å². The number of hydrogen-bond donors (Lipinski definition) is 1. The quantitative estimate of drug-likeness (QED) is 0.693. The zero-order valence-corrected chi connectivity index (χ0v) is 20.2. The van der Waals surface area contributed by atoms with Gasteiger partial charge in [-0.2, -0.15) is 0 Å². The van der Waals surface area contributed by atoms with Gasteiger partial charge in [0.1, 0.15) is 18.3 Å². The molecule has 2 saturated heterocycles. The molecule has 184 valence electrons. The van der Waals surface area contributed by atoms with E-state index in [0.717, 1.165) is 68.7 Å². The molecule has 2 aromatic rings. The lowest BCUT2D eigenvalue weighted by molar-refractivity contribution is -0.125. The van der Waals surface area contributed by atoms with Crippen LogP contribution in [0.15, 0.2) is 42.5 Å². The summed E-state index contributed by atoms with van der Waals surface area (Å²) in [5.74, 6) is 0.442. The first-order valence-electron chi connectivity index (χ1n) is 12.5. The molecule has 0 aromatic heterocycles. The zero-order valence-electron chi connectivity index (χ0n) is 20.2. The molecule has 3 heterocycles. The molecule has 3 amide bonds. The number of hydrogen-bond acceptors (Lipinski definition) is 5. The van der Waals surface area contributed by atoms with Gasteiger partial charge in [0.05, 0.1) is 18.5 Å². The summed E-state index contributed by atoms with van der Waals surface area (Å²) in [6.45, 7) is 2.62. The molecule has 35 heavy (non-hydrogen) atoms. The Bertz CT molecular complexity index is 1110. The number of nitrogens with zero attached hydrogens (tertiary/aromatic N) is 3. The first kappa shape index (κ1) is 23.2. The van der Waals surface area contributed by atoms with Crippen molar-refractivity contribution in [1.29, 1.82) is 0 Å². The average Bonchev–Trinajstić information content (AvgIpc) is 3.44. The highest BCUT2D eigenvalue weighted by molar-refractivity contribution is 6.09. The number of carbonyl (C=O) groups is 3. The minimum Gasteiger partial charge on any atom is -0.497 e. The van der Waals surface area contributed by atoms with Crippen LogP contribution >= 0.6 is 0 Å². The molecule has 1 atom stereocenters. The molecule has 1 N–H and O–H groups in total. The van der Waals surface area contributed by atoms with Gasteiger partial charge >= 0.3 is 0 Å². The summed E-state index contributed by atoms with van der Waals surface area (Å²) in [5.41, 5.74) is 3.09. The van der Waals surface area contributed by atoms with E-state index < -0.39 is 0 Å². The van der Waals surface area contributed by atoms with Crippen LogP contribution in [0.3, 0.4) is 0 Å². The van der Waals surface area contributed by atoms with Gasteiger partial charge < -0.3 is 19.9 Å². The lowest BCUT2D eigenvalue weighted by Crippen LogP contribution is -2.57. The third-order valence-corrected chi connectivity index (χ3v) is 7.22. The number of likely N-dealkylation sites (tertiary alicyclic amines) is 1. The molecule has 8 heteroatoms. The van der Waals surface area contributed by atoms with Crippen LogP contribution in [0.4, 0.5) is 11.4 Å². The first-order chi connectivity index (χ1) is 17.0. The van der Waals surface area contributed by atoms with Crippen molar-refractivity contribution in [2.24, 2.45) is 0 Å². The van der Waals surface area contributed by atoms with Crippen LogP contribution < -0.4 is 19.9 Å². The van der Waals surface area contributed by atoms with Gasteiger partial charge in [0.2, 0.25) is 11.8 Å². The maximum Gasteiger partial charge on any atom is 0.253 e. The number of fused-ring (bicyclic) bond motifs is 3. The van der Waals surface area contributed by atoms with E-state index in [1.165, 1.54) is 0 Å². The van der Waals surface area contributed by atoms with Crippen molar-refractivity contribution in [1.82, 2.24) is 10.2 Å². The Labute approximate surface area is 205 Å². The normalized spacial score (nSPS) is 19.3. The van der Waals surface area contributed by atoms with Gasteiger partial charge in [-0.15, -0.1) is 0 Å². The Kier molecular flexibility index (Phi) is 6.61. The van der Waals surface area contributed by atoms with Crippen LogP contribution in [0, 0.1) is 0 Å².